The summed E-state index contributed by atoms with van der Waals surface area (Å²) in [5.74, 6) is -0.852. The van der Waals surface area contributed by atoms with Crippen LogP contribution in [0.2, 0.25) is 0 Å². The van der Waals surface area contributed by atoms with Crippen molar-refractivity contribution in [3.63, 3.8) is 0 Å². The molecule has 2 atom stereocenters. The van der Waals surface area contributed by atoms with E-state index >= 15 is 0 Å². The monoisotopic (exact) mass is 343 g/mol. The fourth-order valence-electron chi connectivity index (χ4n) is 2.81. The number of hydrogen-bond acceptors (Lipinski definition) is 3. The number of methoxy groups -OCH3 is 1. The Kier molecular flexibility index (Phi) is 3.63. The first-order valence-corrected chi connectivity index (χ1v) is 7.83. The average molecular weight is 343 g/mol. The van der Waals surface area contributed by atoms with Crippen LogP contribution in [-0.2, 0) is 4.79 Å². The lowest BCUT2D eigenvalue weighted by molar-refractivity contribution is -0.117. The van der Waals surface area contributed by atoms with Gasteiger partial charge in [-0.25, -0.2) is 13.8 Å². The van der Waals surface area contributed by atoms with Crippen LogP contribution >= 0.6 is 0 Å². The Labute approximate surface area is 142 Å². The van der Waals surface area contributed by atoms with Crippen molar-refractivity contribution < 1.29 is 18.3 Å². The number of rotatable bonds is 4. The summed E-state index contributed by atoms with van der Waals surface area (Å²) < 4.78 is 33.7. The lowest BCUT2D eigenvalue weighted by Gasteiger charge is -2.09. The lowest BCUT2D eigenvalue weighted by atomic mass is 10.1. The number of pyridine rings is 1. The number of alkyl halides is 1. The third kappa shape index (κ3) is 2.82. The predicted octanol–water partition coefficient (Wildman–Crippen LogP) is 3.45. The molecule has 3 aromatic rings. The van der Waals surface area contributed by atoms with E-state index in [1.807, 2.05) is 0 Å². The van der Waals surface area contributed by atoms with Crippen molar-refractivity contribution in [3.8, 4) is 16.9 Å². The number of fused-ring (bicyclic) bond motifs is 1. The summed E-state index contributed by atoms with van der Waals surface area (Å²) in [5, 5.41) is 2.62. The minimum atomic E-state index is -1.05. The molecule has 7 heteroatoms. The van der Waals surface area contributed by atoms with Crippen LogP contribution in [0.5, 0.6) is 5.75 Å². The minimum absolute atomic E-state index is 0.165. The van der Waals surface area contributed by atoms with Crippen molar-refractivity contribution in [1.82, 2.24) is 9.38 Å². The van der Waals surface area contributed by atoms with Crippen LogP contribution < -0.4 is 10.1 Å². The SMILES string of the molecule is COc1c(F)cccc1-c1ccc2nc(NC(=O)C3CC3F)cn2c1. The molecular formula is C18H15F2N3O2. The van der Waals surface area contributed by atoms with Crippen molar-refractivity contribution >= 4 is 17.4 Å². The number of imidazole rings is 1. The van der Waals surface area contributed by atoms with E-state index in [4.69, 9.17) is 4.74 Å². The Morgan fingerprint density at radius 3 is 2.84 bits per heavy atom. The number of amides is 1. The molecule has 128 valence electrons. The molecule has 0 spiro atoms. The van der Waals surface area contributed by atoms with Gasteiger partial charge in [-0.15, -0.1) is 0 Å². The molecule has 1 N–H and O–H groups in total. The molecule has 1 amide bonds. The molecule has 5 nitrogen and oxygen atoms in total. The summed E-state index contributed by atoms with van der Waals surface area (Å²) in [4.78, 5) is 16.1. The number of halogens is 2. The molecule has 0 saturated heterocycles. The summed E-state index contributed by atoms with van der Waals surface area (Å²) in [6.45, 7) is 0. The molecule has 0 aliphatic heterocycles. The molecule has 2 aromatic heterocycles. The van der Waals surface area contributed by atoms with Gasteiger partial charge in [-0.2, -0.15) is 0 Å². The topological polar surface area (TPSA) is 55.6 Å². The maximum atomic E-state index is 13.9. The number of ether oxygens (including phenoxy) is 1. The highest BCUT2D eigenvalue weighted by atomic mass is 19.1. The Morgan fingerprint density at radius 2 is 2.12 bits per heavy atom. The molecule has 0 radical (unpaired) electrons. The van der Waals surface area contributed by atoms with Crippen LogP contribution in [0.15, 0.2) is 42.7 Å². The Morgan fingerprint density at radius 1 is 1.32 bits per heavy atom. The standard InChI is InChI=1S/C18H15F2N3O2/c1-25-17-11(3-2-4-13(17)19)10-5-6-16-21-15(9-23(16)8-10)22-18(24)12-7-14(12)20/h2-6,8-9,12,14H,7H2,1H3,(H,22,24). The summed E-state index contributed by atoms with van der Waals surface area (Å²) in [7, 11) is 1.42. The number of carbonyl (C=O) groups excluding carboxylic acids is 1. The summed E-state index contributed by atoms with van der Waals surface area (Å²) >= 11 is 0. The van der Waals surface area contributed by atoms with Crippen molar-refractivity contribution in [2.75, 3.05) is 12.4 Å². The molecule has 25 heavy (non-hydrogen) atoms. The molecule has 1 aliphatic rings. The van der Waals surface area contributed by atoms with Gasteiger partial charge in [0.2, 0.25) is 5.91 Å². The van der Waals surface area contributed by atoms with Gasteiger partial charge in [0.1, 0.15) is 11.8 Å². The summed E-state index contributed by atoms with van der Waals surface area (Å²) in [6.07, 6.45) is 2.62. The van der Waals surface area contributed by atoms with Gasteiger partial charge in [-0.05, 0) is 24.6 Å². The van der Waals surface area contributed by atoms with Crippen molar-refractivity contribution in [1.29, 1.82) is 0 Å². The second kappa shape index (κ2) is 5.84. The van der Waals surface area contributed by atoms with E-state index in [-0.39, 0.29) is 18.1 Å². The van der Waals surface area contributed by atoms with Gasteiger partial charge in [0.05, 0.1) is 19.2 Å². The number of hydrogen-bond donors (Lipinski definition) is 1. The molecule has 1 saturated carbocycles. The quantitative estimate of drug-likeness (QED) is 0.789. The van der Waals surface area contributed by atoms with E-state index < -0.39 is 17.9 Å². The number of anilines is 1. The maximum Gasteiger partial charge on any atom is 0.231 e. The van der Waals surface area contributed by atoms with Gasteiger partial charge in [0.15, 0.2) is 17.4 Å². The van der Waals surface area contributed by atoms with Crippen LogP contribution in [0.25, 0.3) is 16.8 Å². The van der Waals surface area contributed by atoms with E-state index in [0.717, 1.165) is 5.56 Å². The van der Waals surface area contributed by atoms with Crippen LogP contribution in [0, 0.1) is 11.7 Å². The number of carbonyl (C=O) groups is 1. The molecule has 4 rings (SSSR count). The van der Waals surface area contributed by atoms with E-state index in [1.165, 1.54) is 13.2 Å². The molecule has 2 heterocycles. The average Bonchev–Trinajstić information content (AvgIpc) is 3.19. The largest absolute Gasteiger partial charge is 0.493 e. The van der Waals surface area contributed by atoms with Gasteiger partial charge in [-0.1, -0.05) is 12.1 Å². The zero-order chi connectivity index (χ0) is 17.6. The number of nitrogens with zero attached hydrogens (tertiary/aromatic N) is 2. The van der Waals surface area contributed by atoms with Crippen molar-refractivity contribution in [2.24, 2.45) is 5.92 Å². The van der Waals surface area contributed by atoms with Gasteiger partial charge in [-0.3, -0.25) is 4.79 Å². The number of para-hydroxylation sites is 1. The third-order valence-electron chi connectivity index (χ3n) is 4.23. The fourth-order valence-corrected chi connectivity index (χ4v) is 2.81. The number of benzene rings is 1. The molecule has 1 aromatic carbocycles. The Balaban J connectivity index is 1.67. The molecule has 1 aliphatic carbocycles. The van der Waals surface area contributed by atoms with Crippen molar-refractivity contribution in [2.45, 2.75) is 12.6 Å². The third-order valence-corrected chi connectivity index (χ3v) is 4.23. The highest BCUT2D eigenvalue weighted by Crippen LogP contribution is 2.35. The van der Waals surface area contributed by atoms with E-state index in [2.05, 4.69) is 10.3 Å². The predicted molar refractivity (Wildman–Crippen MR) is 88.8 cm³/mol. The van der Waals surface area contributed by atoms with Gasteiger partial charge in [0, 0.05) is 17.3 Å². The smallest absolute Gasteiger partial charge is 0.231 e. The normalized spacial score (nSPS) is 19.0. The first-order valence-electron chi connectivity index (χ1n) is 7.83. The highest BCUT2D eigenvalue weighted by Gasteiger charge is 2.43. The first-order chi connectivity index (χ1) is 12.1. The lowest BCUT2D eigenvalue weighted by Crippen LogP contribution is -2.15. The second-order valence-corrected chi connectivity index (χ2v) is 5.98. The van der Waals surface area contributed by atoms with E-state index in [0.29, 0.717) is 17.0 Å². The summed E-state index contributed by atoms with van der Waals surface area (Å²) in [5.41, 5.74) is 1.97. The van der Waals surface area contributed by atoms with Crippen molar-refractivity contribution in [3.05, 3.63) is 48.5 Å². The fraction of sp³-hybridized carbons (Fsp3) is 0.222. The van der Waals surface area contributed by atoms with Crippen LogP contribution in [0.1, 0.15) is 6.42 Å². The van der Waals surface area contributed by atoms with E-state index in [1.54, 1.807) is 41.1 Å². The number of aromatic nitrogens is 2. The highest BCUT2D eigenvalue weighted by molar-refractivity contribution is 5.94. The Bertz CT molecular complexity index is 970. The van der Waals surface area contributed by atoms with E-state index in [9.17, 15) is 13.6 Å². The van der Waals surface area contributed by atoms with Gasteiger partial charge < -0.3 is 14.5 Å². The first kappa shape index (κ1) is 15.6. The Hall–Kier alpha value is -2.96. The number of nitrogens with one attached hydrogen (secondary N) is 1. The van der Waals surface area contributed by atoms with Crippen LogP contribution in [-0.4, -0.2) is 28.6 Å². The van der Waals surface area contributed by atoms with Gasteiger partial charge in [0.25, 0.3) is 0 Å². The molecule has 0 bridgehead atoms. The zero-order valence-corrected chi connectivity index (χ0v) is 13.4. The summed E-state index contributed by atoms with van der Waals surface area (Å²) in [6, 6.07) is 8.26. The second-order valence-electron chi connectivity index (χ2n) is 5.98. The van der Waals surface area contributed by atoms with Gasteiger partial charge >= 0.3 is 0 Å². The molecule has 1 fully saturated rings. The molecule has 2 unspecified atom stereocenters. The van der Waals surface area contributed by atoms with Crippen LogP contribution in [0.4, 0.5) is 14.6 Å². The maximum absolute atomic E-state index is 13.9. The minimum Gasteiger partial charge on any atom is -0.493 e. The zero-order valence-electron chi connectivity index (χ0n) is 13.4. The molecular weight excluding hydrogens is 328 g/mol. The van der Waals surface area contributed by atoms with Crippen LogP contribution in [0.3, 0.4) is 0 Å².